The van der Waals surface area contributed by atoms with E-state index in [1.807, 2.05) is 24.1 Å². The summed E-state index contributed by atoms with van der Waals surface area (Å²) >= 11 is 0. The van der Waals surface area contributed by atoms with Crippen LogP contribution in [0.4, 0.5) is 0 Å². The van der Waals surface area contributed by atoms with Gasteiger partial charge < -0.3 is 5.32 Å². The largest absolute Gasteiger partial charge is 0.355 e. The van der Waals surface area contributed by atoms with E-state index in [2.05, 4.69) is 10.3 Å². The Morgan fingerprint density at radius 2 is 2.14 bits per heavy atom. The van der Waals surface area contributed by atoms with Gasteiger partial charge in [0.15, 0.2) is 9.84 Å². The topological polar surface area (TPSA) is 79.4 Å². The number of sulfone groups is 1. The van der Waals surface area contributed by atoms with E-state index < -0.39 is 9.84 Å². The molecule has 1 saturated heterocycles. The second kappa shape index (κ2) is 7.69. The molecule has 1 unspecified atom stereocenters. The van der Waals surface area contributed by atoms with Crippen molar-refractivity contribution in [2.24, 2.45) is 0 Å². The first-order chi connectivity index (χ1) is 10.5. The number of carbonyl (C=O) groups excluding carboxylic acids is 1. The van der Waals surface area contributed by atoms with Gasteiger partial charge in [0, 0.05) is 25.0 Å². The molecule has 6 nitrogen and oxygen atoms in total. The maximum absolute atomic E-state index is 11.9. The molecule has 1 N–H and O–H groups in total. The van der Waals surface area contributed by atoms with Gasteiger partial charge in [-0.3, -0.25) is 14.7 Å². The third-order valence-corrected chi connectivity index (χ3v) is 5.69. The summed E-state index contributed by atoms with van der Waals surface area (Å²) in [6.07, 6.45) is 5.92. The maximum atomic E-state index is 11.9. The van der Waals surface area contributed by atoms with E-state index in [0.29, 0.717) is 13.0 Å². The maximum Gasteiger partial charge on any atom is 0.234 e. The van der Waals surface area contributed by atoms with Crippen LogP contribution in [0.5, 0.6) is 0 Å². The molecule has 22 heavy (non-hydrogen) atoms. The van der Waals surface area contributed by atoms with Crippen molar-refractivity contribution in [1.82, 2.24) is 15.2 Å². The van der Waals surface area contributed by atoms with Crippen molar-refractivity contribution in [2.75, 3.05) is 31.6 Å². The normalized spacial score (nSPS) is 20.2. The van der Waals surface area contributed by atoms with Crippen LogP contribution in [-0.2, 0) is 21.1 Å². The van der Waals surface area contributed by atoms with E-state index in [9.17, 15) is 13.2 Å². The number of hydrogen-bond donors (Lipinski definition) is 1. The minimum Gasteiger partial charge on any atom is -0.355 e. The lowest BCUT2D eigenvalue weighted by Gasteiger charge is -2.22. The summed E-state index contributed by atoms with van der Waals surface area (Å²) in [5, 5.41) is 2.88. The summed E-state index contributed by atoms with van der Waals surface area (Å²) in [4.78, 5) is 17.7. The Hall–Kier alpha value is -1.47. The first-order valence-electron chi connectivity index (χ1n) is 7.52. The zero-order valence-electron chi connectivity index (χ0n) is 12.9. The molecule has 1 amide bonds. The van der Waals surface area contributed by atoms with Gasteiger partial charge in [-0.15, -0.1) is 0 Å². The molecule has 0 aliphatic carbocycles. The molecule has 0 bridgehead atoms. The molecule has 122 valence electrons. The number of nitrogens with zero attached hydrogens (tertiary/aromatic N) is 2. The van der Waals surface area contributed by atoms with Crippen LogP contribution in [0.3, 0.4) is 0 Å². The van der Waals surface area contributed by atoms with Gasteiger partial charge in [0.2, 0.25) is 5.91 Å². The van der Waals surface area contributed by atoms with E-state index in [0.717, 1.165) is 12.8 Å². The summed E-state index contributed by atoms with van der Waals surface area (Å²) in [7, 11) is -1.10. The molecule has 1 fully saturated rings. The number of nitrogens with one attached hydrogen (secondary N) is 1. The van der Waals surface area contributed by atoms with Crippen molar-refractivity contribution >= 4 is 15.7 Å². The fraction of sp³-hybridized carbons (Fsp3) is 0.600. The molecule has 2 heterocycles. The first kappa shape index (κ1) is 16.9. The van der Waals surface area contributed by atoms with E-state index in [-0.39, 0.29) is 30.0 Å². The molecule has 0 saturated carbocycles. The number of rotatable bonds is 7. The number of hydrogen-bond acceptors (Lipinski definition) is 5. The highest BCUT2D eigenvalue weighted by atomic mass is 32.2. The van der Waals surface area contributed by atoms with Crippen LogP contribution < -0.4 is 5.32 Å². The lowest BCUT2D eigenvalue weighted by molar-refractivity contribution is -0.122. The fourth-order valence-corrected chi connectivity index (χ4v) is 4.41. The highest BCUT2D eigenvalue weighted by Crippen LogP contribution is 2.15. The van der Waals surface area contributed by atoms with E-state index >= 15 is 0 Å². The quantitative estimate of drug-likeness (QED) is 0.727. The van der Waals surface area contributed by atoms with Gasteiger partial charge in [0.05, 0.1) is 18.1 Å². The van der Waals surface area contributed by atoms with Crippen LogP contribution in [0.25, 0.3) is 0 Å². The molecule has 1 aromatic rings. The third kappa shape index (κ3) is 5.38. The lowest BCUT2D eigenvalue weighted by atomic mass is 10.1. The van der Waals surface area contributed by atoms with Gasteiger partial charge in [-0.25, -0.2) is 8.42 Å². The molecular weight excluding hydrogens is 302 g/mol. The predicted octanol–water partition coefficient (Wildman–Crippen LogP) is 0.249. The van der Waals surface area contributed by atoms with E-state index in [1.165, 1.54) is 5.56 Å². The van der Waals surface area contributed by atoms with Crippen LogP contribution in [0, 0.1) is 0 Å². The minimum atomic E-state index is -2.91. The van der Waals surface area contributed by atoms with Crippen LogP contribution in [0.1, 0.15) is 18.4 Å². The molecule has 2 rings (SSSR count). The molecule has 0 radical (unpaired) electrons. The average Bonchev–Trinajstić information content (AvgIpc) is 2.85. The van der Waals surface area contributed by atoms with Crippen molar-refractivity contribution in [3.63, 3.8) is 0 Å². The molecule has 1 aromatic heterocycles. The molecular formula is C15H23N3O3S. The Bertz CT molecular complexity index is 589. The van der Waals surface area contributed by atoms with Gasteiger partial charge in [0.1, 0.15) is 0 Å². The molecule has 1 atom stereocenters. The Morgan fingerprint density at radius 3 is 2.77 bits per heavy atom. The van der Waals surface area contributed by atoms with E-state index in [1.54, 1.807) is 12.4 Å². The number of likely N-dealkylation sites (N-methyl/N-ethyl adjacent to an activating group) is 1. The second-order valence-corrected chi connectivity index (χ2v) is 8.01. The third-order valence-electron chi connectivity index (χ3n) is 3.94. The van der Waals surface area contributed by atoms with Crippen molar-refractivity contribution < 1.29 is 13.2 Å². The molecule has 0 spiro atoms. The summed E-state index contributed by atoms with van der Waals surface area (Å²) in [6.45, 7) is 0.868. The monoisotopic (exact) mass is 325 g/mol. The smallest absolute Gasteiger partial charge is 0.234 e. The second-order valence-electron chi connectivity index (χ2n) is 5.78. The zero-order chi connectivity index (χ0) is 16.0. The summed E-state index contributed by atoms with van der Waals surface area (Å²) in [6, 6.07) is 3.90. The highest BCUT2D eigenvalue weighted by Gasteiger charge is 2.31. The number of carbonyl (C=O) groups is 1. The minimum absolute atomic E-state index is 0.0347. The van der Waals surface area contributed by atoms with Gasteiger partial charge in [-0.05, 0) is 44.0 Å². The van der Waals surface area contributed by atoms with Crippen LogP contribution in [0.2, 0.25) is 0 Å². The highest BCUT2D eigenvalue weighted by molar-refractivity contribution is 7.91. The Balaban J connectivity index is 1.63. The van der Waals surface area contributed by atoms with Crippen molar-refractivity contribution in [3.8, 4) is 0 Å². The number of amides is 1. The SMILES string of the molecule is CN(CC(=O)NCCCc1ccncc1)C1CCS(=O)(=O)C1. The Morgan fingerprint density at radius 1 is 1.41 bits per heavy atom. The fourth-order valence-electron chi connectivity index (χ4n) is 2.60. The average molecular weight is 325 g/mol. The zero-order valence-corrected chi connectivity index (χ0v) is 13.7. The summed E-state index contributed by atoms with van der Waals surface area (Å²) < 4.78 is 22.9. The molecule has 0 aromatic carbocycles. The standard InChI is InChI=1S/C15H23N3O3S/c1-18(14-6-10-22(20,21)12-14)11-15(19)17-7-2-3-13-4-8-16-9-5-13/h4-5,8-9,14H,2-3,6-7,10-12H2,1H3,(H,17,19). The summed E-state index contributed by atoms with van der Waals surface area (Å²) in [5.74, 6) is 0.343. The van der Waals surface area contributed by atoms with Crippen LogP contribution >= 0.6 is 0 Å². The first-order valence-corrected chi connectivity index (χ1v) is 9.35. The van der Waals surface area contributed by atoms with E-state index in [4.69, 9.17) is 0 Å². The van der Waals surface area contributed by atoms with Crippen molar-refractivity contribution in [1.29, 1.82) is 0 Å². The molecule has 7 heteroatoms. The number of pyridine rings is 1. The molecule has 1 aliphatic heterocycles. The lowest BCUT2D eigenvalue weighted by Crippen LogP contribution is -2.41. The number of aryl methyl sites for hydroxylation is 1. The van der Waals surface area contributed by atoms with Crippen LogP contribution in [0.15, 0.2) is 24.5 Å². The van der Waals surface area contributed by atoms with Crippen LogP contribution in [-0.4, -0.2) is 61.9 Å². The summed E-state index contributed by atoms with van der Waals surface area (Å²) in [5.41, 5.74) is 1.21. The predicted molar refractivity (Wildman–Crippen MR) is 85.3 cm³/mol. The Labute approximate surface area is 131 Å². The van der Waals surface area contributed by atoms with Gasteiger partial charge in [-0.2, -0.15) is 0 Å². The van der Waals surface area contributed by atoms with Crippen molar-refractivity contribution in [2.45, 2.75) is 25.3 Å². The van der Waals surface area contributed by atoms with Gasteiger partial charge in [-0.1, -0.05) is 0 Å². The Kier molecular flexibility index (Phi) is 5.90. The van der Waals surface area contributed by atoms with Gasteiger partial charge in [0.25, 0.3) is 0 Å². The molecule has 1 aliphatic rings. The van der Waals surface area contributed by atoms with Gasteiger partial charge >= 0.3 is 0 Å². The number of aromatic nitrogens is 1. The van der Waals surface area contributed by atoms with Crippen molar-refractivity contribution in [3.05, 3.63) is 30.1 Å².